The van der Waals surface area contributed by atoms with Gasteiger partial charge in [0.2, 0.25) is 0 Å². The van der Waals surface area contributed by atoms with Gasteiger partial charge >= 0.3 is 0 Å². The maximum Gasteiger partial charge on any atom is 0.142 e. The van der Waals surface area contributed by atoms with Gasteiger partial charge in [0.1, 0.15) is 17.5 Å². The number of anilines is 1. The van der Waals surface area contributed by atoms with Gasteiger partial charge in [-0.1, -0.05) is 23.2 Å². The third-order valence-corrected chi connectivity index (χ3v) is 5.08. The summed E-state index contributed by atoms with van der Waals surface area (Å²) in [7, 11) is 0. The van der Waals surface area contributed by atoms with Crippen molar-refractivity contribution >= 4 is 40.4 Å². The molecule has 6 heteroatoms. The van der Waals surface area contributed by atoms with Crippen molar-refractivity contribution in [1.82, 2.24) is 4.98 Å². The fraction of sp³-hybridized carbons (Fsp3) is 0.0588. The van der Waals surface area contributed by atoms with E-state index in [1.807, 2.05) is 24.4 Å². The number of hydrogen-bond donors (Lipinski definition) is 1. The number of pyridine rings is 1. The second-order valence-corrected chi connectivity index (χ2v) is 6.74. The summed E-state index contributed by atoms with van der Waals surface area (Å²) in [6.07, 6.45) is 0. The monoisotopic (exact) mass is 359 g/mol. The van der Waals surface area contributed by atoms with Crippen molar-refractivity contribution in [2.75, 3.05) is 5.73 Å². The zero-order valence-corrected chi connectivity index (χ0v) is 14.4. The summed E-state index contributed by atoms with van der Waals surface area (Å²) in [4.78, 5) is 5.33. The second kappa shape index (κ2) is 6.21. The first-order chi connectivity index (χ1) is 11.0. The fourth-order valence-electron chi connectivity index (χ4n) is 2.34. The Kier molecular flexibility index (Phi) is 4.27. The van der Waals surface area contributed by atoms with Crippen molar-refractivity contribution in [3.63, 3.8) is 0 Å². The van der Waals surface area contributed by atoms with Gasteiger partial charge < -0.3 is 5.73 Å². The molecule has 2 N–H and O–H groups in total. The highest BCUT2D eigenvalue weighted by Crippen LogP contribution is 2.38. The van der Waals surface area contributed by atoms with Crippen LogP contribution in [0.25, 0.3) is 21.7 Å². The summed E-state index contributed by atoms with van der Waals surface area (Å²) in [5.74, 6) is 0.184. The van der Waals surface area contributed by atoms with Crippen LogP contribution in [0.5, 0.6) is 0 Å². The van der Waals surface area contributed by atoms with Crippen LogP contribution in [0.15, 0.2) is 35.7 Å². The Balaban J connectivity index is 2.30. The number of hydrogen-bond acceptors (Lipinski definition) is 4. The Morgan fingerprint density at radius 3 is 2.61 bits per heavy atom. The normalized spacial score (nSPS) is 10.5. The molecule has 0 atom stereocenters. The number of halogens is 2. The van der Waals surface area contributed by atoms with E-state index in [0.29, 0.717) is 26.9 Å². The quantitative estimate of drug-likeness (QED) is 0.652. The molecular formula is C17H11Cl2N3S. The highest BCUT2D eigenvalue weighted by atomic mass is 35.5. The average molecular weight is 360 g/mol. The molecule has 3 nitrogen and oxygen atoms in total. The number of thiophene rings is 1. The van der Waals surface area contributed by atoms with E-state index >= 15 is 0 Å². The Labute approximate surface area is 147 Å². The molecule has 0 aliphatic heterocycles. The van der Waals surface area contributed by atoms with Gasteiger partial charge in [-0.05, 0) is 48.2 Å². The van der Waals surface area contributed by atoms with Gasteiger partial charge in [-0.2, -0.15) is 5.26 Å². The minimum absolute atomic E-state index is 0.184. The van der Waals surface area contributed by atoms with Crippen molar-refractivity contribution in [2.24, 2.45) is 0 Å². The fourth-order valence-corrected chi connectivity index (χ4v) is 3.68. The number of rotatable bonds is 2. The lowest BCUT2D eigenvalue weighted by molar-refractivity contribution is 1.31. The first kappa shape index (κ1) is 15.8. The minimum Gasteiger partial charge on any atom is -0.383 e. The van der Waals surface area contributed by atoms with Crippen LogP contribution in [-0.4, -0.2) is 4.98 Å². The maximum absolute atomic E-state index is 9.44. The number of aromatic nitrogens is 1. The van der Waals surface area contributed by atoms with E-state index in [1.54, 1.807) is 29.5 Å². The van der Waals surface area contributed by atoms with Crippen LogP contribution in [0.4, 0.5) is 5.82 Å². The van der Waals surface area contributed by atoms with Crippen molar-refractivity contribution in [3.05, 3.63) is 56.9 Å². The molecule has 3 rings (SSSR count). The molecule has 114 valence electrons. The van der Waals surface area contributed by atoms with Crippen LogP contribution in [-0.2, 0) is 0 Å². The van der Waals surface area contributed by atoms with Crippen LogP contribution < -0.4 is 5.73 Å². The molecule has 0 aliphatic rings. The van der Waals surface area contributed by atoms with Crippen molar-refractivity contribution in [1.29, 1.82) is 5.26 Å². The van der Waals surface area contributed by atoms with Crippen LogP contribution in [0.1, 0.15) is 11.1 Å². The molecule has 0 fully saturated rings. The van der Waals surface area contributed by atoms with Gasteiger partial charge in [-0.15, -0.1) is 11.3 Å². The van der Waals surface area contributed by atoms with Gasteiger partial charge in [0.15, 0.2) is 0 Å². The molecule has 0 amide bonds. The van der Waals surface area contributed by atoms with Crippen LogP contribution >= 0.6 is 34.5 Å². The number of nitrogen functional groups attached to an aromatic ring is 1. The first-order valence-corrected chi connectivity index (χ1v) is 8.35. The van der Waals surface area contributed by atoms with Crippen LogP contribution in [0, 0.1) is 18.3 Å². The summed E-state index contributed by atoms with van der Waals surface area (Å²) in [6.45, 7) is 2.00. The SMILES string of the molecule is Cc1ccsc1-c1cc(-c2cc(Cl)ccc2Cl)nc(N)c1C#N. The van der Waals surface area contributed by atoms with E-state index in [9.17, 15) is 5.26 Å². The Hall–Kier alpha value is -2.06. The molecule has 23 heavy (non-hydrogen) atoms. The van der Waals surface area contributed by atoms with Gasteiger partial charge in [-0.3, -0.25) is 0 Å². The first-order valence-electron chi connectivity index (χ1n) is 6.71. The Bertz CT molecular complexity index is 941. The molecule has 0 bridgehead atoms. The smallest absolute Gasteiger partial charge is 0.142 e. The van der Waals surface area contributed by atoms with Gasteiger partial charge in [0.25, 0.3) is 0 Å². The Morgan fingerprint density at radius 2 is 1.96 bits per heavy atom. The number of nitriles is 1. The molecule has 3 aromatic rings. The van der Waals surface area contributed by atoms with Gasteiger partial charge in [0.05, 0.1) is 10.7 Å². The molecule has 0 aliphatic carbocycles. The second-order valence-electron chi connectivity index (χ2n) is 4.98. The van der Waals surface area contributed by atoms with Crippen LogP contribution in [0.2, 0.25) is 10.0 Å². The summed E-state index contributed by atoms with van der Waals surface area (Å²) in [6, 6.07) is 11.2. The highest BCUT2D eigenvalue weighted by Gasteiger charge is 2.17. The lowest BCUT2D eigenvalue weighted by Gasteiger charge is -2.11. The summed E-state index contributed by atoms with van der Waals surface area (Å²) < 4.78 is 0. The van der Waals surface area contributed by atoms with E-state index in [4.69, 9.17) is 28.9 Å². The van der Waals surface area contributed by atoms with E-state index in [-0.39, 0.29) is 5.82 Å². The van der Waals surface area contributed by atoms with Crippen LogP contribution in [0.3, 0.4) is 0 Å². The van der Waals surface area contributed by atoms with Crippen molar-refractivity contribution < 1.29 is 0 Å². The largest absolute Gasteiger partial charge is 0.383 e. The summed E-state index contributed by atoms with van der Waals surface area (Å²) in [5.41, 5.74) is 9.51. The molecule has 0 saturated carbocycles. The predicted molar refractivity (Wildman–Crippen MR) is 96.9 cm³/mol. The summed E-state index contributed by atoms with van der Waals surface area (Å²) >= 11 is 13.9. The number of nitrogens with two attached hydrogens (primary N) is 1. The zero-order valence-electron chi connectivity index (χ0n) is 12.1. The standard InChI is InChI=1S/C17H11Cl2N3S/c1-9-4-5-23-16(9)11-7-15(22-17(21)13(11)8-20)12-6-10(18)2-3-14(12)19/h2-7H,1H3,(H2,21,22). The molecule has 2 aromatic heterocycles. The molecular weight excluding hydrogens is 349 g/mol. The van der Waals surface area contributed by atoms with Crippen molar-refractivity contribution in [2.45, 2.75) is 6.92 Å². The van der Waals surface area contributed by atoms with E-state index < -0.39 is 0 Å². The molecule has 0 spiro atoms. The minimum atomic E-state index is 0.184. The highest BCUT2D eigenvalue weighted by molar-refractivity contribution is 7.13. The van der Waals surface area contributed by atoms with E-state index in [0.717, 1.165) is 16.0 Å². The molecule has 2 heterocycles. The number of benzene rings is 1. The lowest BCUT2D eigenvalue weighted by Crippen LogP contribution is -2.00. The molecule has 0 radical (unpaired) electrons. The van der Waals surface area contributed by atoms with Crippen molar-refractivity contribution in [3.8, 4) is 27.8 Å². The number of aryl methyl sites for hydroxylation is 1. The lowest BCUT2D eigenvalue weighted by atomic mass is 10.0. The van der Waals surface area contributed by atoms with E-state index in [1.165, 1.54) is 0 Å². The van der Waals surface area contributed by atoms with Gasteiger partial charge in [0, 0.05) is 21.0 Å². The third kappa shape index (κ3) is 2.91. The number of nitrogens with zero attached hydrogens (tertiary/aromatic N) is 2. The molecule has 1 aromatic carbocycles. The summed E-state index contributed by atoms with van der Waals surface area (Å²) in [5, 5.41) is 12.5. The predicted octanol–water partition coefficient (Wildman–Crippen LogP) is 5.55. The topological polar surface area (TPSA) is 62.7 Å². The molecule has 0 unspecified atom stereocenters. The Morgan fingerprint density at radius 1 is 1.17 bits per heavy atom. The third-order valence-electron chi connectivity index (χ3n) is 3.47. The zero-order chi connectivity index (χ0) is 16.6. The maximum atomic E-state index is 9.44. The average Bonchev–Trinajstić information content (AvgIpc) is 2.95. The van der Waals surface area contributed by atoms with E-state index in [2.05, 4.69) is 11.1 Å². The van der Waals surface area contributed by atoms with Gasteiger partial charge in [-0.25, -0.2) is 4.98 Å². The molecule has 0 saturated heterocycles.